The molecule has 10 nitrogen and oxygen atoms in total. The molecule has 2 bridgehead atoms. The van der Waals surface area contributed by atoms with Crippen molar-refractivity contribution in [3.05, 3.63) is 0 Å². The molecular formula is C19H27N3O7S. The van der Waals surface area contributed by atoms with Crippen LogP contribution in [-0.2, 0) is 29.1 Å². The zero-order valence-corrected chi connectivity index (χ0v) is 18.2. The Morgan fingerprint density at radius 2 is 1.97 bits per heavy atom. The third-order valence-electron chi connectivity index (χ3n) is 7.88. The number of sulfonamides is 1. The van der Waals surface area contributed by atoms with Gasteiger partial charge in [-0.15, -0.1) is 0 Å². The molecule has 4 atom stereocenters. The van der Waals surface area contributed by atoms with Gasteiger partial charge in [0, 0.05) is 18.4 Å². The summed E-state index contributed by atoms with van der Waals surface area (Å²) in [6.07, 6.45) is 1.67. The molecule has 0 radical (unpaired) electrons. The predicted octanol–water partition coefficient (Wildman–Crippen LogP) is -0.121. The van der Waals surface area contributed by atoms with E-state index in [2.05, 4.69) is 5.32 Å². The van der Waals surface area contributed by atoms with E-state index in [9.17, 15) is 27.6 Å². The lowest BCUT2D eigenvalue weighted by molar-refractivity contribution is -0.144. The Morgan fingerprint density at radius 3 is 2.47 bits per heavy atom. The van der Waals surface area contributed by atoms with E-state index in [0.29, 0.717) is 12.8 Å². The summed E-state index contributed by atoms with van der Waals surface area (Å²) in [7, 11) is -2.89. The van der Waals surface area contributed by atoms with Crippen molar-refractivity contribution in [3.63, 3.8) is 0 Å². The third kappa shape index (κ3) is 2.81. The Labute approximate surface area is 175 Å². The highest BCUT2D eigenvalue weighted by Gasteiger charge is 2.66. The molecule has 2 heterocycles. The molecule has 4 aliphatic rings. The molecule has 0 unspecified atom stereocenters. The van der Waals surface area contributed by atoms with Crippen LogP contribution in [0.3, 0.4) is 0 Å². The number of hydrogen-bond donors (Lipinski definition) is 1. The molecule has 2 aliphatic heterocycles. The second-order valence-corrected chi connectivity index (χ2v) is 11.3. The molecule has 0 aromatic rings. The Hall–Kier alpha value is -2.01. The van der Waals surface area contributed by atoms with Gasteiger partial charge in [-0.05, 0) is 30.6 Å². The summed E-state index contributed by atoms with van der Waals surface area (Å²) in [6.45, 7) is 3.55. The zero-order valence-electron chi connectivity index (χ0n) is 17.3. The minimum absolute atomic E-state index is 0.0297. The number of methoxy groups -OCH3 is 1. The lowest BCUT2D eigenvalue weighted by Crippen LogP contribution is -2.50. The van der Waals surface area contributed by atoms with Crippen LogP contribution in [0, 0.1) is 16.7 Å². The first-order valence-corrected chi connectivity index (χ1v) is 11.8. The largest absolute Gasteiger partial charge is 0.468 e. The van der Waals surface area contributed by atoms with E-state index in [1.165, 1.54) is 0 Å². The molecule has 4 rings (SSSR count). The van der Waals surface area contributed by atoms with E-state index in [1.807, 2.05) is 13.8 Å². The molecule has 0 aromatic heterocycles. The van der Waals surface area contributed by atoms with Crippen LogP contribution < -0.4 is 5.32 Å². The maximum atomic E-state index is 13.5. The van der Waals surface area contributed by atoms with Gasteiger partial charge in [0.25, 0.3) is 0 Å². The fourth-order valence-electron chi connectivity index (χ4n) is 5.94. The van der Waals surface area contributed by atoms with Crippen LogP contribution in [0.4, 0.5) is 4.79 Å². The smallest absolute Gasteiger partial charge is 0.324 e. The number of nitrogens with one attached hydrogen (secondary N) is 1. The average Bonchev–Trinajstić information content (AvgIpc) is 3.35. The number of carbonyl (C=O) groups is 4. The number of Topliss-reactive ketones (excluding diaryl/α,β-unsaturated/α-hetero) is 1. The number of esters is 1. The van der Waals surface area contributed by atoms with E-state index in [-0.39, 0.29) is 37.0 Å². The summed E-state index contributed by atoms with van der Waals surface area (Å²) in [5, 5.41) is 2.41. The Balaban J connectivity index is 1.64. The van der Waals surface area contributed by atoms with Crippen molar-refractivity contribution in [1.29, 1.82) is 0 Å². The molecule has 2 saturated heterocycles. The summed E-state index contributed by atoms with van der Waals surface area (Å²) >= 11 is 0. The average molecular weight is 442 g/mol. The number of fused-ring (bicyclic) bond motifs is 2. The number of ether oxygens (including phenoxy) is 1. The zero-order chi connectivity index (χ0) is 22.1. The number of urea groups is 1. The molecular weight excluding hydrogens is 414 g/mol. The number of imide groups is 1. The standard InChI is InChI=1S/C19H27N3O7S/c1-18(2)11-4-5-19(18,14(23)6-11)10-30(27,28)21-9-12(7-13(21)16(25)29-3)22-15(24)8-20-17(22)26/h11-13H,4-10H2,1-3H3,(H,20,26)/t11-,12+,13+,19-/m1/s1. The van der Waals surface area contributed by atoms with Gasteiger partial charge in [-0.2, -0.15) is 4.31 Å². The van der Waals surface area contributed by atoms with Crippen LogP contribution in [-0.4, -0.2) is 79.3 Å². The second-order valence-electron chi connectivity index (χ2n) is 9.34. The third-order valence-corrected chi connectivity index (χ3v) is 9.85. The Bertz CT molecular complexity index is 914. The number of rotatable bonds is 5. The molecule has 3 amide bonds. The monoisotopic (exact) mass is 441 g/mol. The highest BCUT2D eigenvalue weighted by atomic mass is 32.2. The minimum Gasteiger partial charge on any atom is -0.468 e. The van der Waals surface area contributed by atoms with Crippen molar-refractivity contribution in [1.82, 2.24) is 14.5 Å². The summed E-state index contributed by atoms with van der Waals surface area (Å²) in [6, 6.07) is -2.50. The van der Waals surface area contributed by atoms with Crippen LogP contribution in [0.1, 0.15) is 39.5 Å². The van der Waals surface area contributed by atoms with Gasteiger partial charge in [0.05, 0.1) is 25.4 Å². The summed E-state index contributed by atoms with van der Waals surface area (Å²) in [5.41, 5.74) is -1.42. The molecule has 2 aliphatic carbocycles. The van der Waals surface area contributed by atoms with Gasteiger partial charge in [0.1, 0.15) is 11.8 Å². The highest BCUT2D eigenvalue weighted by Crippen LogP contribution is 2.64. The first-order chi connectivity index (χ1) is 13.9. The van der Waals surface area contributed by atoms with E-state index < -0.39 is 50.8 Å². The number of hydrogen-bond acceptors (Lipinski definition) is 7. The highest BCUT2D eigenvalue weighted by molar-refractivity contribution is 7.89. The lowest BCUT2D eigenvalue weighted by atomic mass is 9.70. The quantitative estimate of drug-likeness (QED) is 0.465. The molecule has 11 heteroatoms. The van der Waals surface area contributed by atoms with Crippen molar-refractivity contribution in [2.45, 2.75) is 51.6 Å². The number of amides is 3. The SMILES string of the molecule is COC(=O)[C@@H]1C[C@H](N2C(=O)CNC2=O)CN1S(=O)(=O)C[C@]12CC[C@H](CC1=O)C2(C)C. The van der Waals surface area contributed by atoms with Crippen LogP contribution >= 0.6 is 0 Å². The summed E-state index contributed by atoms with van der Waals surface area (Å²) in [4.78, 5) is 50.3. The summed E-state index contributed by atoms with van der Waals surface area (Å²) in [5.74, 6) is -1.45. The van der Waals surface area contributed by atoms with E-state index in [0.717, 1.165) is 22.7 Å². The molecule has 1 N–H and O–H groups in total. The normalized spacial score (nSPS) is 35.9. The molecule has 166 valence electrons. The van der Waals surface area contributed by atoms with Gasteiger partial charge in [0.15, 0.2) is 0 Å². The van der Waals surface area contributed by atoms with E-state index in [4.69, 9.17) is 4.74 Å². The second kappa shape index (κ2) is 6.74. The lowest BCUT2D eigenvalue weighted by Gasteiger charge is -2.37. The van der Waals surface area contributed by atoms with Crippen LogP contribution in [0.5, 0.6) is 0 Å². The van der Waals surface area contributed by atoms with Gasteiger partial charge in [-0.25, -0.2) is 13.2 Å². The first-order valence-electron chi connectivity index (χ1n) is 10.1. The minimum atomic E-state index is -4.05. The van der Waals surface area contributed by atoms with Crippen molar-refractivity contribution < 1.29 is 32.3 Å². The van der Waals surface area contributed by atoms with Gasteiger partial charge in [-0.3, -0.25) is 19.3 Å². The molecule has 0 aromatic carbocycles. The predicted molar refractivity (Wildman–Crippen MR) is 104 cm³/mol. The molecule has 4 fully saturated rings. The maximum absolute atomic E-state index is 13.5. The Morgan fingerprint density at radius 1 is 1.27 bits per heavy atom. The van der Waals surface area contributed by atoms with Crippen LogP contribution in [0.2, 0.25) is 0 Å². The number of ketones is 1. The van der Waals surface area contributed by atoms with E-state index in [1.54, 1.807) is 0 Å². The number of carbonyl (C=O) groups excluding carboxylic acids is 4. The fourth-order valence-corrected chi connectivity index (χ4v) is 8.36. The molecule has 30 heavy (non-hydrogen) atoms. The topological polar surface area (TPSA) is 130 Å². The number of nitrogens with zero attached hydrogens (tertiary/aromatic N) is 2. The van der Waals surface area contributed by atoms with Crippen molar-refractivity contribution in [2.24, 2.45) is 16.7 Å². The molecule has 2 saturated carbocycles. The maximum Gasteiger partial charge on any atom is 0.324 e. The molecule has 0 spiro atoms. The van der Waals surface area contributed by atoms with Gasteiger partial charge in [-0.1, -0.05) is 13.8 Å². The summed E-state index contributed by atoms with van der Waals surface area (Å²) < 4.78 is 32.9. The van der Waals surface area contributed by atoms with Gasteiger partial charge < -0.3 is 10.1 Å². The van der Waals surface area contributed by atoms with Crippen LogP contribution in [0.25, 0.3) is 0 Å². The first kappa shape index (κ1) is 21.2. The van der Waals surface area contributed by atoms with Crippen molar-refractivity contribution in [2.75, 3.05) is 26.0 Å². The van der Waals surface area contributed by atoms with Crippen LogP contribution in [0.15, 0.2) is 0 Å². The fraction of sp³-hybridized carbons (Fsp3) is 0.789. The van der Waals surface area contributed by atoms with E-state index >= 15 is 0 Å². The van der Waals surface area contributed by atoms with Gasteiger partial charge in [0.2, 0.25) is 15.9 Å². The van der Waals surface area contributed by atoms with Crippen molar-refractivity contribution in [3.8, 4) is 0 Å². The Kier molecular flexibility index (Phi) is 4.77. The van der Waals surface area contributed by atoms with Crippen molar-refractivity contribution >= 4 is 33.7 Å². The van der Waals surface area contributed by atoms with Gasteiger partial charge >= 0.3 is 12.0 Å².